The first-order valence-corrected chi connectivity index (χ1v) is 6.76. The van der Waals surface area contributed by atoms with Gasteiger partial charge in [0.2, 0.25) is 0 Å². The number of hydrogen-bond acceptors (Lipinski definition) is 2. The first-order valence-electron chi connectivity index (χ1n) is 6.76. The van der Waals surface area contributed by atoms with E-state index in [9.17, 15) is 18.0 Å². The number of urea groups is 1. The summed E-state index contributed by atoms with van der Waals surface area (Å²) in [5.41, 5.74) is -0.995. The Hall–Kier alpha value is -1.76. The second-order valence-corrected chi connectivity index (χ2v) is 5.47. The van der Waals surface area contributed by atoms with Crippen molar-refractivity contribution in [2.45, 2.75) is 31.5 Å². The van der Waals surface area contributed by atoms with Gasteiger partial charge in [-0.05, 0) is 51.1 Å². The average Bonchev–Trinajstić information content (AvgIpc) is 2.38. The molecule has 0 spiro atoms. The van der Waals surface area contributed by atoms with Gasteiger partial charge in [0.15, 0.2) is 0 Å². The zero-order valence-electron chi connectivity index (χ0n) is 11.7. The van der Waals surface area contributed by atoms with Crippen LogP contribution in [-0.2, 0) is 6.18 Å². The Morgan fingerprint density at radius 1 is 1.29 bits per heavy atom. The van der Waals surface area contributed by atoms with Gasteiger partial charge >= 0.3 is 12.2 Å². The second kappa shape index (κ2) is 5.93. The maximum absolute atomic E-state index is 12.6. The summed E-state index contributed by atoms with van der Waals surface area (Å²) < 4.78 is 37.8. The summed E-state index contributed by atoms with van der Waals surface area (Å²) in [6.07, 6.45) is -2.86. The Labute approximate surface area is 121 Å². The summed E-state index contributed by atoms with van der Waals surface area (Å²) in [6, 6.07) is 4.10. The number of halogens is 3. The van der Waals surface area contributed by atoms with Crippen molar-refractivity contribution in [2.24, 2.45) is 0 Å². The van der Waals surface area contributed by atoms with Crippen LogP contribution in [0.3, 0.4) is 0 Å². The van der Waals surface area contributed by atoms with Crippen molar-refractivity contribution < 1.29 is 18.0 Å². The van der Waals surface area contributed by atoms with E-state index in [0.29, 0.717) is 0 Å². The predicted molar refractivity (Wildman–Crippen MR) is 74.1 cm³/mol. The van der Waals surface area contributed by atoms with Crippen LogP contribution in [0.15, 0.2) is 24.3 Å². The van der Waals surface area contributed by atoms with E-state index >= 15 is 0 Å². The number of carbonyl (C=O) groups excluding carboxylic acids is 1. The van der Waals surface area contributed by atoms with Crippen LogP contribution in [0.25, 0.3) is 0 Å². The molecule has 1 aliphatic heterocycles. The number of benzene rings is 1. The fraction of sp³-hybridized carbons (Fsp3) is 0.500. The first kappa shape index (κ1) is 15.6. The van der Waals surface area contributed by atoms with E-state index in [4.69, 9.17) is 0 Å². The molecule has 0 aliphatic carbocycles. The van der Waals surface area contributed by atoms with Gasteiger partial charge in [0.1, 0.15) is 0 Å². The molecule has 1 saturated heterocycles. The molecule has 21 heavy (non-hydrogen) atoms. The van der Waals surface area contributed by atoms with Crippen LogP contribution >= 0.6 is 0 Å². The quantitative estimate of drug-likeness (QED) is 0.786. The topological polar surface area (TPSA) is 53.2 Å². The molecule has 0 unspecified atom stereocenters. The van der Waals surface area contributed by atoms with E-state index in [-0.39, 0.29) is 11.2 Å². The number of nitrogens with one attached hydrogen (secondary N) is 3. The zero-order chi connectivity index (χ0) is 15.5. The third-order valence-electron chi connectivity index (χ3n) is 3.57. The van der Waals surface area contributed by atoms with Gasteiger partial charge in [0.05, 0.1) is 5.56 Å². The summed E-state index contributed by atoms with van der Waals surface area (Å²) in [6.45, 7) is 3.54. The summed E-state index contributed by atoms with van der Waals surface area (Å²) in [5.74, 6) is 0. The number of amides is 2. The third-order valence-corrected chi connectivity index (χ3v) is 3.57. The molecule has 2 amide bonds. The molecule has 0 bridgehead atoms. The van der Waals surface area contributed by atoms with Crippen LogP contribution in [0, 0.1) is 0 Å². The van der Waals surface area contributed by atoms with Crippen LogP contribution in [0.5, 0.6) is 0 Å². The number of anilines is 1. The number of alkyl halides is 3. The Balaban J connectivity index is 1.99. The van der Waals surface area contributed by atoms with Crippen LogP contribution in [0.2, 0.25) is 0 Å². The molecule has 1 heterocycles. The SMILES string of the molecule is CC1(NC(=O)Nc2cccc(C(F)(F)F)c2)CCNCC1. The minimum Gasteiger partial charge on any atom is -0.333 e. The van der Waals surface area contributed by atoms with Gasteiger partial charge in [0.25, 0.3) is 0 Å². The van der Waals surface area contributed by atoms with Gasteiger partial charge in [-0.2, -0.15) is 13.2 Å². The van der Waals surface area contributed by atoms with Gasteiger partial charge in [-0.15, -0.1) is 0 Å². The molecule has 0 saturated carbocycles. The summed E-state index contributed by atoms with van der Waals surface area (Å²) in [7, 11) is 0. The number of piperidine rings is 1. The van der Waals surface area contributed by atoms with Crippen molar-refractivity contribution in [3.05, 3.63) is 29.8 Å². The van der Waals surface area contributed by atoms with Crippen molar-refractivity contribution in [1.82, 2.24) is 10.6 Å². The van der Waals surface area contributed by atoms with Crippen molar-refractivity contribution in [3.8, 4) is 0 Å². The van der Waals surface area contributed by atoms with Crippen molar-refractivity contribution in [1.29, 1.82) is 0 Å². The maximum atomic E-state index is 12.6. The predicted octanol–water partition coefficient (Wildman–Crippen LogP) is 2.97. The fourth-order valence-electron chi connectivity index (χ4n) is 2.31. The molecule has 1 aromatic rings. The minimum absolute atomic E-state index is 0.125. The lowest BCUT2D eigenvalue weighted by Gasteiger charge is -2.34. The van der Waals surface area contributed by atoms with Crippen molar-refractivity contribution >= 4 is 11.7 Å². The minimum atomic E-state index is -4.42. The normalized spacial score (nSPS) is 18.1. The molecular formula is C14H18F3N3O. The molecule has 1 aliphatic rings. The van der Waals surface area contributed by atoms with Crippen molar-refractivity contribution in [2.75, 3.05) is 18.4 Å². The van der Waals surface area contributed by atoms with Gasteiger partial charge in [-0.1, -0.05) is 6.07 Å². The monoisotopic (exact) mass is 301 g/mol. The van der Waals surface area contributed by atoms with E-state index in [1.165, 1.54) is 12.1 Å². The first-order chi connectivity index (χ1) is 9.78. The molecule has 7 heteroatoms. The Morgan fingerprint density at radius 2 is 1.95 bits per heavy atom. The second-order valence-electron chi connectivity index (χ2n) is 5.47. The summed E-state index contributed by atoms with van der Waals surface area (Å²) in [4.78, 5) is 11.9. The molecule has 3 N–H and O–H groups in total. The lowest BCUT2D eigenvalue weighted by molar-refractivity contribution is -0.137. The van der Waals surface area contributed by atoms with Gasteiger partial charge in [0, 0.05) is 11.2 Å². The van der Waals surface area contributed by atoms with Crippen LogP contribution in [-0.4, -0.2) is 24.7 Å². The zero-order valence-corrected chi connectivity index (χ0v) is 11.7. The maximum Gasteiger partial charge on any atom is 0.416 e. The van der Waals surface area contributed by atoms with Crippen LogP contribution in [0.4, 0.5) is 23.7 Å². The number of hydrogen-bond donors (Lipinski definition) is 3. The summed E-state index contributed by atoms with van der Waals surface area (Å²) in [5, 5.41) is 8.48. The lowest BCUT2D eigenvalue weighted by Crippen LogP contribution is -2.53. The highest BCUT2D eigenvalue weighted by Gasteiger charge is 2.31. The average molecular weight is 301 g/mol. The number of carbonyl (C=O) groups is 1. The largest absolute Gasteiger partial charge is 0.416 e. The molecule has 1 aromatic carbocycles. The van der Waals surface area contributed by atoms with Gasteiger partial charge < -0.3 is 16.0 Å². The van der Waals surface area contributed by atoms with E-state index in [1.807, 2.05) is 6.92 Å². The molecule has 2 rings (SSSR count). The van der Waals surface area contributed by atoms with E-state index in [0.717, 1.165) is 38.1 Å². The molecule has 0 aromatic heterocycles. The molecule has 1 fully saturated rings. The highest BCUT2D eigenvalue weighted by molar-refractivity contribution is 5.89. The molecule has 116 valence electrons. The van der Waals surface area contributed by atoms with Crippen LogP contribution < -0.4 is 16.0 Å². The molecule has 4 nitrogen and oxygen atoms in total. The molecule has 0 atom stereocenters. The van der Waals surface area contributed by atoms with Gasteiger partial charge in [-0.25, -0.2) is 4.79 Å². The Morgan fingerprint density at radius 3 is 2.57 bits per heavy atom. The van der Waals surface area contributed by atoms with E-state index in [2.05, 4.69) is 16.0 Å². The fourth-order valence-corrected chi connectivity index (χ4v) is 2.31. The number of rotatable bonds is 2. The van der Waals surface area contributed by atoms with E-state index in [1.54, 1.807) is 0 Å². The van der Waals surface area contributed by atoms with Crippen molar-refractivity contribution in [3.63, 3.8) is 0 Å². The highest BCUT2D eigenvalue weighted by atomic mass is 19.4. The molecule has 0 radical (unpaired) electrons. The van der Waals surface area contributed by atoms with E-state index < -0.39 is 17.8 Å². The standard InChI is InChI=1S/C14H18F3N3O/c1-13(5-7-18-8-6-13)20-12(21)19-11-4-2-3-10(9-11)14(15,16)17/h2-4,9,18H,5-8H2,1H3,(H2,19,20,21). The third kappa shape index (κ3) is 4.35. The summed E-state index contributed by atoms with van der Waals surface area (Å²) >= 11 is 0. The smallest absolute Gasteiger partial charge is 0.333 e. The van der Waals surface area contributed by atoms with Crippen LogP contribution in [0.1, 0.15) is 25.3 Å². The lowest BCUT2D eigenvalue weighted by atomic mass is 9.91. The van der Waals surface area contributed by atoms with Gasteiger partial charge in [-0.3, -0.25) is 0 Å². The highest BCUT2D eigenvalue weighted by Crippen LogP contribution is 2.30. The molecular weight excluding hydrogens is 283 g/mol. The Kier molecular flexibility index (Phi) is 4.41. The Bertz CT molecular complexity index is 510.